The molecule has 1 aliphatic rings. The van der Waals surface area contributed by atoms with E-state index in [-0.39, 0.29) is 28.9 Å². The van der Waals surface area contributed by atoms with Gasteiger partial charge in [-0.3, -0.25) is 4.79 Å². The fraction of sp³-hybridized carbons (Fsp3) is 0.923. The number of ether oxygens (including phenoxy) is 3. The number of esters is 1. The predicted molar refractivity (Wildman–Crippen MR) is 72.9 cm³/mol. The van der Waals surface area contributed by atoms with Crippen molar-refractivity contribution in [3.8, 4) is 0 Å². The highest BCUT2D eigenvalue weighted by atomic mass is 79.9. The molecule has 0 aromatic carbocycles. The van der Waals surface area contributed by atoms with Crippen LogP contribution in [0, 0.1) is 5.92 Å². The van der Waals surface area contributed by atoms with Crippen LogP contribution in [0.4, 0.5) is 0 Å². The van der Waals surface area contributed by atoms with E-state index in [1.54, 1.807) is 0 Å². The van der Waals surface area contributed by atoms with Crippen LogP contribution in [0.1, 0.15) is 33.6 Å². The summed E-state index contributed by atoms with van der Waals surface area (Å²) < 4.78 is 16.2. The first kappa shape index (κ1) is 15.9. The minimum absolute atomic E-state index is 0.0367. The van der Waals surface area contributed by atoms with Crippen molar-refractivity contribution in [2.24, 2.45) is 5.92 Å². The van der Waals surface area contributed by atoms with Crippen molar-refractivity contribution in [1.82, 2.24) is 0 Å². The average Bonchev–Trinajstić information content (AvgIpc) is 2.67. The second kappa shape index (κ2) is 8.12. The lowest BCUT2D eigenvalue weighted by Crippen LogP contribution is -2.21. The van der Waals surface area contributed by atoms with E-state index in [0.717, 1.165) is 12.8 Å². The van der Waals surface area contributed by atoms with Crippen LogP contribution in [0.15, 0.2) is 0 Å². The molecule has 0 N–H and O–H groups in total. The Hall–Kier alpha value is -0.130. The molecule has 0 radical (unpaired) electrons. The zero-order valence-electron chi connectivity index (χ0n) is 11.4. The molecule has 3 unspecified atom stereocenters. The van der Waals surface area contributed by atoms with Gasteiger partial charge in [-0.25, -0.2) is 0 Å². The largest absolute Gasteiger partial charge is 0.466 e. The molecule has 106 valence electrons. The molecular weight excluding hydrogens is 300 g/mol. The molecular formula is C13H23BrO4. The second-order valence-corrected chi connectivity index (χ2v) is 5.94. The van der Waals surface area contributed by atoms with E-state index in [0.29, 0.717) is 19.8 Å². The highest BCUT2D eigenvalue weighted by Crippen LogP contribution is 2.34. The van der Waals surface area contributed by atoms with Gasteiger partial charge >= 0.3 is 5.97 Å². The van der Waals surface area contributed by atoms with Crippen LogP contribution in [0.3, 0.4) is 0 Å². The monoisotopic (exact) mass is 322 g/mol. The Morgan fingerprint density at radius 2 is 2.06 bits per heavy atom. The topological polar surface area (TPSA) is 44.8 Å². The van der Waals surface area contributed by atoms with E-state index >= 15 is 0 Å². The molecule has 0 saturated heterocycles. The molecule has 4 nitrogen and oxygen atoms in total. The molecule has 1 rings (SSSR count). The van der Waals surface area contributed by atoms with E-state index in [1.165, 1.54) is 0 Å². The molecule has 0 spiro atoms. The molecule has 3 atom stereocenters. The summed E-state index contributed by atoms with van der Waals surface area (Å²) in [7, 11) is 0. The smallest absolute Gasteiger partial charge is 0.309 e. The number of hydrogen-bond donors (Lipinski definition) is 0. The number of carbonyl (C=O) groups excluding carboxylic acids is 1. The summed E-state index contributed by atoms with van der Waals surface area (Å²) in [5, 5.41) is 0. The van der Waals surface area contributed by atoms with Crippen molar-refractivity contribution in [2.75, 3.05) is 19.8 Å². The summed E-state index contributed by atoms with van der Waals surface area (Å²) >= 11 is 3.57. The summed E-state index contributed by atoms with van der Waals surface area (Å²) in [4.78, 5) is 11.9. The van der Waals surface area contributed by atoms with Gasteiger partial charge < -0.3 is 14.2 Å². The lowest BCUT2D eigenvalue weighted by atomic mass is 10.1. The molecule has 0 amide bonds. The lowest BCUT2D eigenvalue weighted by molar-refractivity contribution is -0.148. The van der Waals surface area contributed by atoms with E-state index in [9.17, 15) is 4.79 Å². The maximum absolute atomic E-state index is 11.6. The van der Waals surface area contributed by atoms with Gasteiger partial charge in [-0.15, -0.1) is 0 Å². The third-order valence-electron chi connectivity index (χ3n) is 2.92. The van der Waals surface area contributed by atoms with Crippen LogP contribution in [-0.4, -0.2) is 42.8 Å². The van der Waals surface area contributed by atoms with E-state index < -0.39 is 0 Å². The Labute approximate surface area is 117 Å². The molecule has 1 aliphatic carbocycles. The summed E-state index contributed by atoms with van der Waals surface area (Å²) in [6, 6.07) is 0. The SMILES string of the molecule is CCOC(=O)C1CC(Br)C(OCCOC(C)C)C1. The van der Waals surface area contributed by atoms with Crippen molar-refractivity contribution in [1.29, 1.82) is 0 Å². The Morgan fingerprint density at radius 3 is 2.67 bits per heavy atom. The van der Waals surface area contributed by atoms with Gasteiger partial charge in [-0.1, -0.05) is 15.9 Å². The maximum Gasteiger partial charge on any atom is 0.309 e. The fourth-order valence-corrected chi connectivity index (χ4v) is 2.88. The molecule has 0 heterocycles. The van der Waals surface area contributed by atoms with Gasteiger partial charge in [0.15, 0.2) is 0 Å². The molecule has 1 saturated carbocycles. The summed E-state index contributed by atoms with van der Waals surface area (Å²) in [6.07, 6.45) is 1.82. The van der Waals surface area contributed by atoms with Crippen molar-refractivity contribution in [3.63, 3.8) is 0 Å². The van der Waals surface area contributed by atoms with Crippen molar-refractivity contribution in [3.05, 3.63) is 0 Å². The van der Waals surface area contributed by atoms with Gasteiger partial charge in [0.2, 0.25) is 0 Å². The quantitative estimate of drug-likeness (QED) is 0.410. The van der Waals surface area contributed by atoms with Crippen LogP contribution in [0.5, 0.6) is 0 Å². The molecule has 0 aliphatic heterocycles. The van der Waals surface area contributed by atoms with Crippen LogP contribution in [0.25, 0.3) is 0 Å². The Bertz CT molecular complexity index is 257. The van der Waals surface area contributed by atoms with E-state index in [2.05, 4.69) is 15.9 Å². The first-order valence-corrected chi connectivity index (χ1v) is 7.50. The normalized spacial score (nSPS) is 27.7. The fourth-order valence-electron chi connectivity index (χ4n) is 2.06. The standard InChI is InChI=1S/C13H23BrO4/c1-4-16-13(15)10-7-11(14)12(8-10)18-6-5-17-9(2)3/h9-12H,4-8H2,1-3H3. The molecule has 5 heteroatoms. The Kier molecular flexibility index (Phi) is 7.19. The molecule has 0 aromatic heterocycles. The summed E-state index contributed by atoms with van der Waals surface area (Å²) in [6.45, 7) is 7.43. The van der Waals surface area contributed by atoms with Gasteiger partial charge in [-0.2, -0.15) is 0 Å². The summed E-state index contributed by atoms with van der Waals surface area (Å²) in [5.41, 5.74) is 0. The Morgan fingerprint density at radius 1 is 1.33 bits per heavy atom. The second-order valence-electron chi connectivity index (χ2n) is 4.77. The molecule has 18 heavy (non-hydrogen) atoms. The highest BCUT2D eigenvalue weighted by molar-refractivity contribution is 9.09. The van der Waals surface area contributed by atoms with Gasteiger partial charge in [-0.05, 0) is 33.6 Å². The lowest BCUT2D eigenvalue weighted by Gasteiger charge is -2.16. The number of carbonyl (C=O) groups is 1. The Balaban J connectivity index is 2.25. The number of alkyl halides is 1. The van der Waals surface area contributed by atoms with Gasteiger partial charge in [0.05, 0.1) is 37.9 Å². The van der Waals surface area contributed by atoms with Crippen molar-refractivity contribution in [2.45, 2.75) is 50.6 Å². The minimum atomic E-state index is -0.105. The number of rotatable bonds is 7. The first-order chi connectivity index (χ1) is 8.54. The van der Waals surface area contributed by atoms with Crippen molar-refractivity contribution < 1.29 is 19.0 Å². The molecule has 1 fully saturated rings. The zero-order chi connectivity index (χ0) is 13.5. The number of hydrogen-bond acceptors (Lipinski definition) is 4. The third kappa shape index (κ3) is 5.24. The van der Waals surface area contributed by atoms with Crippen LogP contribution < -0.4 is 0 Å². The van der Waals surface area contributed by atoms with Gasteiger partial charge in [0.1, 0.15) is 0 Å². The third-order valence-corrected chi connectivity index (χ3v) is 3.88. The highest BCUT2D eigenvalue weighted by Gasteiger charge is 2.37. The number of halogens is 1. The molecule has 0 aromatic rings. The van der Waals surface area contributed by atoms with Crippen LogP contribution in [-0.2, 0) is 19.0 Å². The van der Waals surface area contributed by atoms with Gasteiger partial charge in [0, 0.05) is 4.83 Å². The molecule has 0 bridgehead atoms. The van der Waals surface area contributed by atoms with Crippen LogP contribution in [0.2, 0.25) is 0 Å². The van der Waals surface area contributed by atoms with E-state index in [1.807, 2.05) is 20.8 Å². The average molecular weight is 323 g/mol. The minimum Gasteiger partial charge on any atom is -0.466 e. The van der Waals surface area contributed by atoms with Gasteiger partial charge in [0.25, 0.3) is 0 Å². The van der Waals surface area contributed by atoms with Crippen LogP contribution >= 0.6 is 15.9 Å². The first-order valence-electron chi connectivity index (χ1n) is 6.58. The maximum atomic E-state index is 11.6. The van der Waals surface area contributed by atoms with Crippen molar-refractivity contribution >= 4 is 21.9 Å². The predicted octanol–water partition coefficient (Wildman–Crippen LogP) is 2.53. The van der Waals surface area contributed by atoms with E-state index in [4.69, 9.17) is 14.2 Å². The summed E-state index contributed by atoms with van der Waals surface area (Å²) in [5.74, 6) is -0.142. The zero-order valence-corrected chi connectivity index (χ0v) is 12.9.